The Balaban J connectivity index is 2.18. The number of carbonyl (C=O) groups excluding carboxylic acids is 1. The number of carbonyl (C=O) groups is 1. The van der Waals surface area contributed by atoms with E-state index in [1.165, 1.54) is 6.20 Å². The Hall–Kier alpha value is -2.91. The van der Waals surface area contributed by atoms with Crippen LogP contribution in [0.25, 0.3) is 0 Å². The number of aromatic nitrogens is 1. The molecular weight excluding hydrogens is 242 g/mol. The standard InChI is InChI=1S/C13H11N5O/c14-8-9-3-5-10(6-4-9)17-13(19)11-2-1-7-16-12(11)18-15/h1-7H,15H2,(H,16,18)(H,17,19). The Labute approximate surface area is 109 Å². The fourth-order valence-electron chi connectivity index (χ4n) is 1.53. The number of nitrogens with two attached hydrogens (primary N) is 1. The van der Waals surface area contributed by atoms with Gasteiger partial charge in [0.25, 0.3) is 5.91 Å². The van der Waals surface area contributed by atoms with Crippen LogP contribution in [-0.4, -0.2) is 10.9 Å². The lowest BCUT2D eigenvalue weighted by atomic mass is 10.2. The van der Waals surface area contributed by atoms with Crippen LogP contribution in [0, 0.1) is 11.3 Å². The number of nitrogen functional groups attached to an aromatic ring is 1. The fourth-order valence-corrected chi connectivity index (χ4v) is 1.53. The van der Waals surface area contributed by atoms with Gasteiger partial charge in [-0.2, -0.15) is 5.26 Å². The Morgan fingerprint density at radius 2 is 2.00 bits per heavy atom. The SMILES string of the molecule is N#Cc1ccc(NC(=O)c2cccnc2NN)cc1. The van der Waals surface area contributed by atoms with Crippen molar-refractivity contribution in [3.8, 4) is 6.07 Å². The maximum absolute atomic E-state index is 12.0. The largest absolute Gasteiger partial charge is 0.322 e. The zero-order valence-electron chi connectivity index (χ0n) is 9.92. The van der Waals surface area contributed by atoms with Gasteiger partial charge >= 0.3 is 0 Å². The number of benzene rings is 1. The molecule has 1 amide bonds. The molecule has 0 aliphatic rings. The normalized spacial score (nSPS) is 9.47. The molecule has 0 fully saturated rings. The summed E-state index contributed by atoms with van der Waals surface area (Å²) in [6.07, 6.45) is 1.54. The summed E-state index contributed by atoms with van der Waals surface area (Å²) in [7, 11) is 0. The van der Waals surface area contributed by atoms with E-state index in [9.17, 15) is 4.79 Å². The highest BCUT2D eigenvalue weighted by molar-refractivity contribution is 6.07. The molecule has 1 aromatic heterocycles. The lowest BCUT2D eigenvalue weighted by Gasteiger charge is -2.08. The molecule has 19 heavy (non-hydrogen) atoms. The quantitative estimate of drug-likeness (QED) is 0.568. The van der Waals surface area contributed by atoms with Crippen molar-refractivity contribution in [2.45, 2.75) is 0 Å². The van der Waals surface area contributed by atoms with Gasteiger partial charge in [0, 0.05) is 11.9 Å². The van der Waals surface area contributed by atoms with E-state index >= 15 is 0 Å². The van der Waals surface area contributed by atoms with Crippen molar-refractivity contribution in [1.82, 2.24) is 4.98 Å². The Morgan fingerprint density at radius 3 is 2.63 bits per heavy atom. The summed E-state index contributed by atoms with van der Waals surface area (Å²) in [6, 6.07) is 11.8. The topological polar surface area (TPSA) is 104 Å². The van der Waals surface area contributed by atoms with Crippen LogP contribution in [0.3, 0.4) is 0 Å². The van der Waals surface area contributed by atoms with Crippen LogP contribution < -0.4 is 16.6 Å². The van der Waals surface area contributed by atoms with Crippen LogP contribution in [-0.2, 0) is 0 Å². The molecule has 0 radical (unpaired) electrons. The molecule has 0 saturated carbocycles. The van der Waals surface area contributed by atoms with Gasteiger partial charge < -0.3 is 10.7 Å². The summed E-state index contributed by atoms with van der Waals surface area (Å²) in [5, 5.41) is 11.4. The van der Waals surface area contributed by atoms with Crippen molar-refractivity contribution in [1.29, 1.82) is 5.26 Å². The molecule has 6 heteroatoms. The second-order valence-electron chi connectivity index (χ2n) is 3.69. The minimum Gasteiger partial charge on any atom is -0.322 e. The lowest BCUT2D eigenvalue weighted by molar-refractivity contribution is 0.102. The van der Waals surface area contributed by atoms with Gasteiger partial charge in [-0.05, 0) is 36.4 Å². The van der Waals surface area contributed by atoms with E-state index in [1.54, 1.807) is 36.4 Å². The third kappa shape index (κ3) is 2.86. The molecule has 94 valence electrons. The van der Waals surface area contributed by atoms with Gasteiger partial charge in [0.2, 0.25) is 0 Å². The zero-order chi connectivity index (χ0) is 13.7. The first kappa shape index (κ1) is 12.5. The van der Waals surface area contributed by atoms with Gasteiger partial charge in [0.05, 0.1) is 17.2 Å². The van der Waals surface area contributed by atoms with Crippen molar-refractivity contribution >= 4 is 17.4 Å². The third-order valence-corrected chi connectivity index (χ3v) is 2.46. The number of nitrogens with one attached hydrogen (secondary N) is 2. The molecule has 1 aromatic carbocycles. The molecule has 1 heterocycles. The maximum atomic E-state index is 12.0. The highest BCUT2D eigenvalue weighted by atomic mass is 16.1. The predicted octanol–water partition coefficient (Wildman–Crippen LogP) is 1.49. The smallest absolute Gasteiger partial charge is 0.259 e. The van der Waals surface area contributed by atoms with Gasteiger partial charge in [0.15, 0.2) is 5.82 Å². The Bertz CT molecular complexity index is 630. The molecule has 0 aliphatic heterocycles. The molecular formula is C13H11N5O. The molecule has 2 rings (SSSR count). The van der Waals surface area contributed by atoms with Gasteiger partial charge in [-0.1, -0.05) is 0 Å². The number of hydrogen-bond acceptors (Lipinski definition) is 5. The first-order chi connectivity index (χ1) is 9.24. The lowest BCUT2D eigenvalue weighted by Crippen LogP contribution is -2.18. The minimum atomic E-state index is -0.328. The van der Waals surface area contributed by atoms with Crippen molar-refractivity contribution in [3.63, 3.8) is 0 Å². The van der Waals surface area contributed by atoms with E-state index in [-0.39, 0.29) is 5.91 Å². The second kappa shape index (κ2) is 5.62. The van der Waals surface area contributed by atoms with E-state index in [0.717, 1.165) is 0 Å². The van der Waals surface area contributed by atoms with Gasteiger partial charge in [-0.25, -0.2) is 10.8 Å². The average molecular weight is 253 g/mol. The van der Waals surface area contributed by atoms with Crippen LogP contribution >= 0.6 is 0 Å². The summed E-state index contributed by atoms with van der Waals surface area (Å²) >= 11 is 0. The summed E-state index contributed by atoms with van der Waals surface area (Å²) in [4.78, 5) is 16.0. The minimum absolute atomic E-state index is 0.300. The maximum Gasteiger partial charge on any atom is 0.259 e. The number of anilines is 2. The summed E-state index contributed by atoms with van der Waals surface area (Å²) in [6.45, 7) is 0. The zero-order valence-corrected chi connectivity index (χ0v) is 9.92. The van der Waals surface area contributed by atoms with E-state index < -0.39 is 0 Å². The number of nitriles is 1. The number of nitrogens with zero attached hydrogens (tertiary/aromatic N) is 2. The second-order valence-corrected chi connectivity index (χ2v) is 3.69. The number of amides is 1. The van der Waals surface area contributed by atoms with Crippen molar-refractivity contribution in [3.05, 3.63) is 53.7 Å². The number of hydrazine groups is 1. The first-order valence-electron chi connectivity index (χ1n) is 5.47. The molecule has 0 saturated heterocycles. The van der Waals surface area contributed by atoms with Crippen molar-refractivity contribution in [2.24, 2.45) is 5.84 Å². The number of hydrogen-bond donors (Lipinski definition) is 3. The van der Waals surface area contributed by atoms with Crippen LogP contribution in [0.2, 0.25) is 0 Å². The summed E-state index contributed by atoms with van der Waals surface area (Å²) in [5.74, 6) is 5.26. The molecule has 4 N–H and O–H groups in total. The molecule has 0 unspecified atom stereocenters. The van der Waals surface area contributed by atoms with Crippen molar-refractivity contribution in [2.75, 3.05) is 10.7 Å². The molecule has 0 atom stereocenters. The van der Waals surface area contributed by atoms with Crippen molar-refractivity contribution < 1.29 is 4.79 Å². The van der Waals surface area contributed by atoms with E-state index in [1.807, 2.05) is 6.07 Å². The van der Waals surface area contributed by atoms with Crippen LogP contribution in [0.1, 0.15) is 15.9 Å². The average Bonchev–Trinajstić information content (AvgIpc) is 2.48. The van der Waals surface area contributed by atoms with Crippen LogP contribution in [0.5, 0.6) is 0 Å². The van der Waals surface area contributed by atoms with Gasteiger partial charge in [-0.3, -0.25) is 4.79 Å². The summed E-state index contributed by atoms with van der Waals surface area (Å²) in [5.41, 5.74) is 3.83. The molecule has 6 nitrogen and oxygen atoms in total. The van der Waals surface area contributed by atoms with Crippen LogP contribution in [0.15, 0.2) is 42.6 Å². The Morgan fingerprint density at radius 1 is 1.26 bits per heavy atom. The fraction of sp³-hybridized carbons (Fsp3) is 0. The van der Waals surface area contributed by atoms with Gasteiger partial charge in [-0.15, -0.1) is 0 Å². The highest BCUT2D eigenvalue weighted by Crippen LogP contribution is 2.14. The van der Waals surface area contributed by atoms with E-state index in [4.69, 9.17) is 11.1 Å². The first-order valence-corrected chi connectivity index (χ1v) is 5.47. The number of rotatable bonds is 3. The number of pyridine rings is 1. The van der Waals surface area contributed by atoms with E-state index in [0.29, 0.717) is 22.6 Å². The predicted molar refractivity (Wildman–Crippen MR) is 71.2 cm³/mol. The molecule has 0 bridgehead atoms. The molecule has 0 spiro atoms. The highest BCUT2D eigenvalue weighted by Gasteiger charge is 2.11. The van der Waals surface area contributed by atoms with Gasteiger partial charge in [0.1, 0.15) is 0 Å². The van der Waals surface area contributed by atoms with Crippen LogP contribution in [0.4, 0.5) is 11.5 Å². The monoisotopic (exact) mass is 253 g/mol. The third-order valence-electron chi connectivity index (χ3n) is 2.46. The summed E-state index contributed by atoms with van der Waals surface area (Å²) < 4.78 is 0. The Kier molecular flexibility index (Phi) is 3.71. The molecule has 0 aliphatic carbocycles. The van der Waals surface area contributed by atoms with E-state index in [2.05, 4.69) is 15.7 Å². The molecule has 2 aromatic rings.